The number of carboxylic acid groups (broad SMARTS) is 1. The lowest BCUT2D eigenvalue weighted by molar-refractivity contribution is -0.131. The average Bonchev–Trinajstić information content (AvgIpc) is 2.81. The van der Waals surface area contributed by atoms with Crippen LogP contribution in [0.1, 0.15) is 28.8 Å². The van der Waals surface area contributed by atoms with Crippen molar-refractivity contribution >= 4 is 11.8 Å². The number of nitrogens with zero attached hydrogens (tertiary/aromatic N) is 1. The molecule has 1 aromatic carbocycles. The number of carbonyl (C=O) groups is 2. The number of carboxylic acids is 1. The first-order chi connectivity index (χ1) is 8.16. The topological polar surface area (TPSA) is 57.6 Å². The van der Waals surface area contributed by atoms with Crippen molar-refractivity contribution in [3.05, 3.63) is 35.4 Å². The highest BCUT2D eigenvalue weighted by atomic mass is 16.4. The van der Waals surface area contributed by atoms with Crippen LogP contribution >= 0.6 is 0 Å². The fourth-order valence-electron chi connectivity index (χ4n) is 2.13. The first kappa shape index (κ1) is 11.8. The monoisotopic (exact) mass is 233 g/mol. The Morgan fingerprint density at radius 1 is 1.24 bits per heavy atom. The minimum Gasteiger partial charge on any atom is -0.475 e. The average molecular weight is 233 g/mol. The molecule has 0 aliphatic carbocycles. The van der Waals surface area contributed by atoms with Gasteiger partial charge in [-0.3, -0.25) is 9.69 Å². The van der Waals surface area contributed by atoms with Crippen LogP contribution in [0, 0.1) is 0 Å². The smallest absolute Gasteiger partial charge is 0.377 e. The number of Topliss-reactive ketones (excluding diaryl/α,β-unsaturated/α-hetero) is 1. The quantitative estimate of drug-likeness (QED) is 0.633. The minimum absolute atomic E-state index is 0.259. The lowest BCUT2D eigenvalue weighted by Crippen LogP contribution is -2.19. The second-order valence-corrected chi connectivity index (χ2v) is 4.32. The van der Waals surface area contributed by atoms with E-state index < -0.39 is 11.8 Å². The second kappa shape index (κ2) is 5.10. The van der Waals surface area contributed by atoms with Gasteiger partial charge in [0.25, 0.3) is 5.78 Å². The zero-order valence-corrected chi connectivity index (χ0v) is 9.56. The molecule has 1 saturated heterocycles. The fraction of sp³-hybridized carbons (Fsp3) is 0.385. The third-order valence-corrected chi connectivity index (χ3v) is 2.99. The Morgan fingerprint density at radius 2 is 1.94 bits per heavy atom. The molecule has 0 saturated carbocycles. The summed E-state index contributed by atoms with van der Waals surface area (Å²) in [5, 5.41) is 8.65. The zero-order chi connectivity index (χ0) is 12.3. The van der Waals surface area contributed by atoms with Gasteiger partial charge in [-0.25, -0.2) is 4.79 Å². The van der Waals surface area contributed by atoms with Gasteiger partial charge in [-0.15, -0.1) is 0 Å². The van der Waals surface area contributed by atoms with E-state index >= 15 is 0 Å². The minimum atomic E-state index is -1.40. The fourth-order valence-corrected chi connectivity index (χ4v) is 2.13. The van der Waals surface area contributed by atoms with Crippen molar-refractivity contribution in [3.63, 3.8) is 0 Å². The van der Waals surface area contributed by atoms with Gasteiger partial charge in [0.15, 0.2) is 0 Å². The molecule has 1 aliphatic rings. The number of likely N-dealkylation sites (tertiary alicyclic amines) is 1. The third-order valence-electron chi connectivity index (χ3n) is 2.99. The van der Waals surface area contributed by atoms with Crippen LogP contribution in [0.25, 0.3) is 0 Å². The van der Waals surface area contributed by atoms with Crippen LogP contribution < -0.4 is 0 Å². The van der Waals surface area contributed by atoms with E-state index in [1.165, 1.54) is 12.8 Å². The highest BCUT2D eigenvalue weighted by Crippen LogP contribution is 2.14. The van der Waals surface area contributed by atoms with E-state index in [0.29, 0.717) is 0 Å². The molecule has 17 heavy (non-hydrogen) atoms. The van der Waals surface area contributed by atoms with E-state index in [-0.39, 0.29) is 5.56 Å². The van der Waals surface area contributed by atoms with Crippen LogP contribution in [0.3, 0.4) is 0 Å². The Hall–Kier alpha value is -1.68. The first-order valence-corrected chi connectivity index (χ1v) is 5.76. The lowest BCUT2D eigenvalue weighted by Gasteiger charge is -2.14. The van der Waals surface area contributed by atoms with Gasteiger partial charge in [0, 0.05) is 12.1 Å². The lowest BCUT2D eigenvalue weighted by atomic mass is 10.1. The van der Waals surface area contributed by atoms with Crippen LogP contribution in [-0.2, 0) is 11.3 Å². The molecule has 4 heteroatoms. The number of carbonyl (C=O) groups excluding carboxylic acids is 1. The van der Waals surface area contributed by atoms with Gasteiger partial charge in [0.1, 0.15) is 0 Å². The molecule has 4 nitrogen and oxygen atoms in total. The van der Waals surface area contributed by atoms with E-state index in [1.807, 2.05) is 6.07 Å². The van der Waals surface area contributed by atoms with Crippen molar-refractivity contribution < 1.29 is 14.7 Å². The van der Waals surface area contributed by atoms with Gasteiger partial charge >= 0.3 is 5.97 Å². The zero-order valence-electron chi connectivity index (χ0n) is 9.56. The maximum absolute atomic E-state index is 11.3. The van der Waals surface area contributed by atoms with E-state index in [9.17, 15) is 9.59 Å². The van der Waals surface area contributed by atoms with Crippen molar-refractivity contribution in [1.29, 1.82) is 0 Å². The largest absolute Gasteiger partial charge is 0.475 e. The number of aliphatic carboxylic acids is 1. The second-order valence-electron chi connectivity index (χ2n) is 4.32. The molecule has 1 heterocycles. The number of benzene rings is 1. The first-order valence-electron chi connectivity index (χ1n) is 5.76. The summed E-state index contributed by atoms with van der Waals surface area (Å²) in [7, 11) is 0. The van der Waals surface area contributed by atoms with E-state index in [4.69, 9.17) is 5.11 Å². The highest BCUT2D eigenvalue weighted by Gasteiger charge is 2.16. The molecule has 0 aromatic heterocycles. The summed E-state index contributed by atoms with van der Waals surface area (Å²) >= 11 is 0. The summed E-state index contributed by atoms with van der Waals surface area (Å²) in [5.41, 5.74) is 1.26. The van der Waals surface area contributed by atoms with Crippen LogP contribution in [0.2, 0.25) is 0 Å². The van der Waals surface area contributed by atoms with Gasteiger partial charge in [0.2, 0.25) is 0 Å². The van der Waals surface area contributed by atoms with Crippen LogP contribution in [-0.4, -0.2) is 34.8 Å². The molecule has 90 valence electrons. The Kier molecular flexibility index (Phi) is 3.54. The van der Waals surface area contributed by atoms with Crippen molar-refractivity contribution in [1.82, 2.24) is 4.90 Å². The number of hydrogen-bond donors (Lipinski definition) is 1. The molecular weight excluding hydrogens is 218 g/mol. The van der Waals surface area contributed by atoms with Gasteiger partial charge in [-0.2, -0.15) is 0 Å². The molecule has 0 amide bonds. The van der Waals surface area contributed by atoms with Crippen molar-refractivity contribution in [2.24, 2.45) is 0 Å². The molecule has 1 aromatic rings. The van der Waals surface area contributed by atoms with Gasteiger partial charge in [0.05, 0.1) is 0 Å². The number of ketones is 1. The van der Waals surface area contributed by atoms with Crippen LogP contribution in [0.15, 0.2) is 24.3 Å². The van der Waals surface area contributed by atoms with E-state index in [0.717, 1.165) is 25.2 Å². The molecule has 0 radical (unpaired) electrons. The summed E-state index contributed by atoms with van der Waals surface area (Å²) in [6.45, 7) is 2.95. The summed E-state index contributed by atoms with van der Waals surface area (Å²) in [6, 6.07) is 6.89. The summed E-state index contributed by atoms with van der Waals surface area (Å²) in [6.07, 6.45) is 2.43. The molecule has 0 unspecified atom stereocenters. The number of hydrogen-bond acceptors (Lipinski definition) is 3. The third kappa shape index (κ3) is 2.91. The molecular formula is C13H15NO3. The normalized spacial score (nSPS) is 16.0. The Labute approximate surface area is 99.9 Å². The van der Waals surface area contributed by atoms with Crippen LogP contribution in [0.5, 0.6) is 0 Å². The van der Waals surface area contributed by atoms with E-state index in [2.05, 4.69) is 4.90 Å². The number of rotatable bonds is 4. The van der Waals surface area contributed by atoms with Gasteiger partial charge < -0.3 is 5.11 Å². The summed E-state index contributed by atoms with van der Waals surface area (Å²) < 4.78 is 0. The van der Waals surface area contributed by atoms with Crippen molar-refractivity contribution in [2.45, 2.75) is 19.4 Å². The molecule has 0 spiro atoms. The molecule has 1 aliphatic heterocycles. The summed E-state index contributed by atoms with van der Waals surface area (Å²) in [4.78, 5) is 24.2. The molecule has 1 fully saturated rings. The van der Waals surface area contributed by atoms with Crippen LogP contribution in [0.4, 0.5) is 0 Å². The molecule has 0 bridgehead atoms. The highest BCUT2D eigenvalue weighted by molar-refractivity contribution is 6.39. The molecule has 0 atom stereocenters. The molecule has 1 N–H and O–H groups in total. The van der Waals surface area contributed by atoms with Gasteiger partial charge in [-0.1, -0.05) is 18.2 Å². The Balaban J connectivity index is 2.10. The Morgan fingerprint density at radius 3 is 2.59 bits per heavy atom. The molecule has 2 rings (SSSR count). The summed E-state index contributed by atoms with van der Waals surface area (Å²) in [5.74, 6) is -2.24. The van der Waals surface area contributed by atoms with E-state index in [1.54, 1.807) is 18.2 Å². The standard InChI is InChI=1S/C13H15NO3/c15-12(13(16)17)11-5-3-4-10(8-11)9-14-6-1-2-7-14/h3-5,8H,1-2,6-7,9H2,(H,16,17). The Bertz CT molecular complexity index is 436. The van der Waals surface area contributed by atoms with Crippen molar-refractivity contribution in [2.75, 3.05) is 13.1 Å². The maximum Gasteiger partial charge on any atom is 0.377 e. The SMILES string of the molecule is O=C(O)C(=O)c1cccc(CN2CCCC2)c1. The van der Waals surface area contributed by atoms with Crippen molar-refractivity contribution in [3.8, 4) is 0 Å². The predicted molar refractivity (Wildman–Crippen MR) is 62.9 cm³/mol. The van der Waals surface area contributed by atoms with Gasteiger partial charge in [-0.05, 0) is 37.6 Å². The predicted octanol–water partition coefficient (Wildman–Crippen LogP) is 1.55. The maximum atomic E-state index is 11.3.